The molecule has 0 radical (unpaired) electrons. The lowest BCUT2D eigenvalue weighted by Crippen LogP contribution is -2.57. The molecule has 0 spiro atoms. The third kappa shape index (κ3) is 14.6. The zero-order chi connectivity index (χ0) is 59.2. The first-order chi connectivity index (χ1) is 39.6. The quantitative estimate of drug-likeness (QED) is 0.0416. The molecule has 0 saturated carbocycles. The zero-order valence-electron chi connectivity index (χ0n) is 49.0. The standard InChI is InChI=1S/C65H76N8O8S2/c1-39-46(47-30-31-54(69-56(47)62(79)81-65(7,8)9)72-33-32-43-19-17-21-48(49(43)37-72)59(76)71-63-68-50-22-14-15-24-53(50)83-63)20-18-23-52(39)80-34-16-12-10-11-13-25-55(75)70-58(64(4,5)6)61(78)73-36-45(74)35-51(73)60(77)67-40(2)42-26-28-44(29-27-42)57-41(3)66-38-82-57/h14-15,17-24,26-31,38,40,45,51,58,74H,10-13,16,25,32-37H2,1-9H3,(H,67,77)(H,70,75)(H,68,71,76)/t40-,45+,51-,58+/m0/s1. The average Bonchev–Trinajstić information content (AvgIpc) is 4.39. The second-order valence-electron chi connectivity index (χ2n) is 23.8. The molecule has 16 nitrogen and oxygen atoms in total. The van der Waals surface area contributed by atoms with Crippen LogP contribution >= 0.6 is 22.7 Å². The number of aliphatic hydroxyl groups is 1. The van der Waals surface area contributed by atoms with Gasteiger partial charge in [0.25, 0.3) is 5.91 Å². The highest BCUT2D eigenvalue weighted by Gasteiger charge is 2.45. The lowest BCUT2D eigenvalue weighted by atomic mass is 9.85. The number of nitrogens with one attached hydrogen (secondary N) is 3. The van der Waals surface area contributed by atoms with Crippen molar-refractivity contribution in [3.63, 3.8) is 0 Å². The summed E-state index contributed by atoms with van der Waals surface area (Å²) in [5.41, 5.74) is 9.15. The van der Waals surface area contributed by atoms with E-state index in [1.54, 1.807) is 11.3 Å². The summed E-state index contributed by atoms with van der Waals surface area (Å²) in [6.07, 6.45) is 4.16. The fraction of sp³-hybridized carbons (Fsp3) is 0.415. The van der Waals surface area contributed by atoms with Gasteiger partial charge in [-0.15, -0.1) is 11.3 Å². The van der Waals surface area contributed by atoms with Crippen molar-refractivity contribution in [1.82, 2.24) is 30.5 Å². The van der Waals surface area contributed by atoms with Crippen molar-refractivity contribution in [2.45, 2.75) is 150 Å². The number of esters is 1. The molecule has 5 heterocycles. The number of benzene rings is 4. The number of pyridine rings is 1. The lowest BCUT2D eigenvalue weighted by molar-refractivity contribution is -0.144. The molecule has 18 heteroatoms. The van der Waals surface area contributed by atoms with Crippen LogP contribution in [0.2, 0.25) is 0 Å². The summed E-state index contributed by atoms with van der Waals surface area (Å²) in [6, 6.07) is 29.1. The van der Waals surface area contributed by atoms with Crippen LogP contribution in [0.1, 0.15) is 148 Å². The van der Waals surface area contributed by atoms with Gasteiger partial charge in [-0.05, 0) is 136 Å². The molecule has 0 unspecified atom stereocenters. The molecule has 7 aromatic rings. The monoisotopic (exact) mass is 1160 g/mol. The minimum atomic E-state index is -0.901. The number of anilines is 2. The highest BCUT2D eigenvalue weighted by atomic mass is 32.1. The van der Waals surface area contributed by atoms with Gasteiger partial charge in [-0.2, -0.15) is 0 Å². The molecule has 4 aromatic carbocycles. The van der Waals surface area contributed by atoms with Crippen molar-refractivity contribution >= 4 is 73.4 Å². The van der Waals surface area contributed by atoms with Crippen molar-refractivity contribution in [2.75, 3.05) is 29.9 Å². The van der Waals surface area contributed by atoms with Crippen molar-refractivity contribution in [2.24, 2.45) is 5.41 Å². The van der Waals surface area contributed by atoms with E-state index in [4.69, 9.17) is 14.5 Å². The number of carbonyl (C=O) groups is 5. The molecule has 0 aliphatic carbocycles. The van der Waals surface area contributed by atoms with E-state index in [1.807, 2.05) is 159 Å². The molecule has 9 rings (SSSR count). The molecule has 2 aliphatic rings. The Hall–Kier alpha value is -7.54. The summed E-state index contributed by atoms with van der Waals surface area (Å²) in [5, 5.41) is 20.3. The maximum atomic E-state index is 14.2. The van der Waals surface area contributed by atoms with Crippen LogP contribution in [0, 0.1) is 19.3 Å². The first-order valence-electron chi connectivity index (χ1n) is 28.7. The Kier molecular flexibility index (Phi) is 18.8. The molecule has 4 atom stereocenters. The van der Waals surface area contributed by atoms with E-state index in [1.165, 1.54) is 16.2 Å². The first-order valence-corrected chi connectivity index (χ1v) is 30.4. The van der Waals surface area contributed by atoms with Crippen LogP contribution in [0.3, 0.4) is 0 Å². The summed E-state index contributed by atoms with van der Waals surface area (Å²) >= 11 is 3.01. The van der Waals surface area contributed by atoms with E-state index >= 15 is 0 Å². The average molecular weight is 1160 g/mol. The second kappa shape index (κ2) is 25.9. The van der Waals surface area contributed by atoms with Crippen LogP contribution in [0.4, 0.5) is 10.9 Å². The maximum absolute atomic E-state index is 14.2. The van der Waals surface area contributed by atoms with Gasteiger partial charge >= 0.3 is 5.97 Å². The molecule has 2 aliphatic heterocycles. The number of ether oxygens (including phenoxy) is 2. The molecule has 1 saturated heterocycles. The van der Waals surface area contributed by atoms with Gasteiger partial charge in [-0.1, -0.05) is 112 Å². The molecule has 436 valence electrons. The smallest absolute Gasteiger partial charge is 0.358 e. The Bertz CT molecular complexity index is 3460. The van der Waals surface area contributed by atoms with E-state index < -0.39 is 35.2 Å². The Labute approximate surface area is 494 Å². The molecular weight excluding hydrogens is 1080 g/mol. The Balaban J connectivity index is 0.762. The molecule has 0 bridgehead atoms. The number of aromatic nitrogens is 3. The van der Waals surface area contributed by atoms with E-state index in [9.17, 15) is 29.1 Å². The van der Waals surface area contributed by atoms with E-state index in [-0.39, 0.29) is 54.8 Å². The van der Waals surface area contributed by atoms with Gasteiger partial charge in [0, 0.05) is 43.6 Å². The van der Waals surface area contributed by atoms with Gasteiger partial charge < -0.3 is 35.0 Å². The number of unbranched alkanes of at least 4 members (excludes halogenated alkanes) is 4. The zero-order valence-corrected chi connectivity index (χ0v) is 50.6. The van der Waals surface area contributed by atoms with E-state index in [2.05, 4.69) is 36.9 Å². The van der Waals surface area contributed by atoms with Gasteiger partial charge in [0.1, 0.15) is 29.3 Å². The minimum Gasteiger partial charge on any atom is -0.493 e. The lowest BCUT2D eigenvalue weighted by Gasteiger charge is -2.35. The van der Waals surface area contributed by atoms with Crippen molar-refractivity contribution in [3.8, 4) is 27.3 Å². The topological polar surface area (TPSA) is 205 Å². The highest BCUT2D eigenvalue weighted by molar-refractivity contribution is 7.22. The number of aryl methyl sites for hydroxylation is 1. The van der Waals surface area contributed by atoms with E-state index in [0.717, 1.165) is 79.9 Å². The number of nitrogens with zero attached hydrogens (tertiary/aromatic N) is 5. The predicted molar refractivity (Wildman–Crippen MR) is 328 cm³/mol. The number of para-hydroxylation sites is 1. The molecule has 83 heavy (non-hydrogen) atoms. The Morgan fingerprint density at radius 2 is 1.57 bits per heavy atom. The fourth-order valence-corrected chi connectivity index (χ4v) is 12.5. The summed E-state index contributed by atoms with van der Waals surface area (Å²) in [4.78, 5) is 87.9. The SMILES string of the molecule is Cc1ncsc1-c1ccc([C@H](C)NC(=O)[C@@H]2C[C@@H](O)CN2C(=O)[C@@H](NC(=O)CCCCCCCOc2cccc(-c3ccc(N4CCc5cccc(C(=O)Nc6nc7ccccc7s6)c5C4)nc3C(=O)OC(C)(C)C)c2C)C(C)(C)C)cc1. The first kappa shape index (κ1) is 60.1. The van der Waals surface area contributed by atoms with Crippen LogP contribution in [0.15, 0.2) is 103 Å². The number of amides is 4. The molecule has 4 amide bonds. The molecule has 1 fully saturated rings. The number of rotatable bonds is 20. The number of hydrogen-bond donors (Lipinski definition) is 4. The molecule has 4 N–H and O–H groups in total. The van der Waals surface area contributed by atoms with Gasteiger partial charge in [0.15, 0.2) is 10.8 Å². The van der Waals surface area contributed by atoms with Crippen LogP contribution in [-0.4, -0.2) is 98.0 Å². The van der Waals surface area contributed by atoms with E-state index in [0.29, 0.717) is 60.4 Å². The normalized spacial score (nSPS) is 16.0. The van der Waals surface area contributed by atoms with Gasteiger partial charge in [0.05, 0.1) is 45.1 Å². The summed E-state index contributed by atoms with van der Waals surface area (Å²) in [7, 11) is 0. The van der Waals surface area contributed by atoms with Crippen LogP contribution < -0.4 is 25.6 Å². The number of thiazole rings is 2. The molecular formula is C65H76N8O8S2. The van der Waals surface area contributed by atoms with Crippen LogP contribution in [0.5, 0.6) is 5.75 Å². The predicted octanol–water partition coefficient (Wildman–Crippen LogP) is 12.0. The van der Waals surface area contributed by atoms with Crippen molar-refractivity contribution < 1.29 is 38.6 Å². The fourth-order valence-electron chi connectivity index (χ4n) is 10.8. The summed E-state index contributed by atoms with van der Waals surface area (Å²) in [6.45, 7) is 18.5. The second-order valence-corrected chi connectivity index (χ2v) is 25.7. The third-order valence-electron chi connectivity index (χ3n) is 15.3. The van der Waals surface area contributed by atoms with Gasteiger partial charge in [-0.25, -0.2) is 19.7 Å². The number of carbonyl (C=O) groups excluding carboxylic acids is 5. The van der Waals surface area contributed by atoms with Crippen LogP contribution in [-0.2, 0) is 32.1 Å². The highest BCUT2D eigenvalue weighted by Crippen LogP contribution is 2.37. The number of hydrogen-bond acceptors (Lipinski definition) is 14. The summed E-state index contributed by atoms with van der Waals surface area (Å²) < 4.78 is 13.3. The Morgan fingerprint density at radius 3 is 2.30 bits per heavy atom. The third-order valence-corrected chi connectivity index (χ3v) is 17.2. The van der Waals surface area contributed by atoms with Crippen LogP contribution in [0.25, 0.3) is 31.8 Å². The number of fused-ring (bicyclic) bond motifs is 2. The number of β-amino-alcohol motifs (C(OH)–C–C–N with tert-alkyl or cyclic N) is 1. The number of likely N-dealkylation sites (tertiary alicyclic amines) is 1. The van der Waals surface area contributed by atoms with Crippen molar-refractivity contribution in [3.05, 3.63) is 142 Å². The largest absolute Gasteiger partial charge is 0.493 e. The van der Waals surface area contributed by atoms with Gasteiger partial charge in [0.2, 0.25) is 17.7 Å². The molecule has 3 aromatic heterocycles. The minimum absolute atomic E-state index is 0.00155. The number of aliphatic hydroxyl groups excluding tert-OH is 1. The Morgan fingerprint density at radius 1 is 0.819 bits per heavy atom. The van der Waals surface area contributed by atoms with Crippen molar-refractivity contribution in [1.29, 1.82) is 0 Å². The van der Waals surface area contributed by atoms with Gasteiger partial charge in [-0.3, -0.25) is 24.5 Å². The maximum Gasteiger partial charge on any atom is 0.358 e. The summed E-state index contributed by atoms with van der Waals surface area (Å²) in [5.74, 6) is -0.465.